The van der Waals surface area contributed by atoms with Crippen LogP contribution in [0.5, 0.6) is 5.75 Å². The van der Waals surface area contributed by atoms with Gasteiger partial charge in [-0.3, -0.25) is 0 Å². The lowest BCUT2D eigenvalue weighted by Crippen LogP contribution is -2.07. The van der Waals surface area contributed by atoms with Gasteiger partial charge in [0.25, 0.3) is 0 Å². The van der Waals surface area contributed by atoms with Gasteiger partial charge in [-0.05, 0) is 49.2 Å². The Bertz CT molecular complexity index is 613. The quantitative estimate of drug-likeness (QED) is 0.878. The molecule has 21 heavy (non-hydrogen) atoms. The Balaban J connectivity index is 2.14. The second kappa shape index (κ2) is 6.92. The summed E-state index contributed by atoms with van der Waals surface area (Å²) in [5.41, 5.74) is 1.45. The number of aliphatic hydroxyl groups is 1. The summed E-state index contributed by atoms with van der Waals surface area (Å²) in [7, 11) is 0. The smallest absolute Gasteiger partial charge is 0.124 e. The van der Waals surface area contributed by atoms with E-state index in [0.717, 1.165) is 5.56 Å². The maximum Gasteiger partial charge on any atom is 0.124 e. The molecule has 0 amide bonds. The molecule has 0 aliphatic carbocycles. The Kier molecular flexibility index (Phi) is 5.21. The molecule has 0 spiro atoms. The molecule has 112 valence electrons. The predicted molar refractivity (Wildman–Crippen MR) is 82.3 cm³/mol. The predicted octanol–water partition coefficient (Wildman–Crippen LogP) is 4.54. The molecule has 0 aliphatic rings. The number of rotatable bonds is 5. The summed E-state index contributed by atoms with van der Waals surface area (Å²) < 4.78 is 18.6. The second-order valence-electron chi connectivity index (χ2n) is 5.19. The Morgan fingerprint density at radius 3 is 2.62 bits per heavy atom. The van der Waals surface area contributed by atoms with Crippen molar-refractivity contribution in [1.82, 2.24) is 0 Å². The second-order valence-corrected chi connectivity index (χ2v) is 5.60. The van der Waals surface area contributed by atoms with Crippen molar-refractivity contribution in [3.8, 4) is 5.75 Å². The Morgan fingerprint density at radius 1 is 1.19 bits per heavy atom. The van der Waals surface area contributed by atoms with E-state index in [4.69, 9.17) is 16.3 Å². The van der Waals surface area contributed by atoms with Crippen LogP contribution in [0.1, 0.15) is 31.1 Å². The summed E-state index contributed by atoms with van der Waals surface area (Å²) in [4.78, 5) is 0. The largest absolute Gasteiger partial charge is 0.491 e. The van der Waals surface area contributed by atoms with Crippen molar-refractivity contribution >= 4 is 11.6 Å². The molecule has 1 unspecified atom stereocenters. The normalized spacial score (nSPS) is 12.5. The van der Waals surface area contributed by atoms with E-state index < -0.39 is 6.10 Å². The van der Waals surface area contributed by atoms with Crippen LogP contribution >= 0.6 is 11.6 Å². The maximum absolute atomic E-state index is 13.0. The fourth-order valence-corrected chi connectivity index (χ4v) is 2.33. The van der Waals surface area contributed by atoms with Crippen LogP contribution < -0.4 is 4.74 Å². The molecule has 0 aromatic heterocycles. The van der Waals surface area contributed by atoms with Crippen LogP contribution in [0.2, 0.25) is 5.02 Å². The van der Waals surface area contributed by atoms with Crippen molar-refractivity contribution in [3.63, 3.8) is 0 Å². The van der Waals surface area contributed by atoms with Gasteiger partial charge in [-0.2, -0.15) is 0 Å². The highest BCUT2D eigenvalue weighted by molar-refractivity contribution is 6.31. The van der Waals surface area contributed by atoms with Crippen molar-refractivity contribution in [1.29, 1.82) is 0 Å². The van der Waals surface area contributed by atoms with Gasteiger partial charge in [0.1, 0.15) is 11.6 Å². The summed E-state index contributed by atoms with van der Waals surface area (Å²) in [6.07, 6.45) is -0.322. The van der Waals surface area contributed by atoms with Crippen LogP contribution in [0.4, 0.5) is 4.39 Å². The maximum atomic E-state index is 13.0. The molecule has 2 rings (SSSR count). The Morgan fingerprint density at radius 2 is 1.95 bits per heavy atom. The molecule has 1 atom stereocenters. The van der Waals surface area contributed by atoms with Crippen molar-refractivity contribution < 1.29 is 14.2 Å². The van der Waals surface area contributed by atoms with E-state index in [-0.39, 0.29) is 11.9 Å². The van der Waals surface area contributed by atoms with E-state index in [1.54, 1.807) is 6.07 Å². The zero-order chi connectivity index (χ0) is 15.4. The van der Waals surface area contributed by atoms with Crippen LogP contribution in [0.15, 0.2) is 42.5 Å². The molecule has 2 aromatic rings. The van der Waals surface area contributed by atoms with E-state index in [0.29, 0.717) is 22.8 Å². The summed E-state index contributed by atoms with van der Waals surface area (Å²) in [6, 6.07) is 11.5. The summed E-state index contributed by atoms with van der Waals surface area (Å²) in [5.74, 6) is 0.331. The average Bonchev–Trinajstić information content (AvgIpc) is 2.41. The van der Waals surface area contributed by atoms with E-state index in [1.165, 1.54) is 12.1 Å². The van der Waals surface area contributed by atoms with Crippen molar-refractivity contribution in [2.45, 2.75) is 32.5 Å². The number of ether oxygens (including phenoxy) is 1. The number of aliphatic hydroxyl groups excluding tert-OH is 1. The van der Waals surface area contributed by atoms with Gasteiger partial charge in [0, 0.05) is 11.4 Å². The first-order valence-corrected chi connectivity index (χ1v) is 7.22. The van der Waals surface area contributed by atoms with Gasteiger partial charge in [0.05, 0.1) is 12.2 Å². The molecule has 2 nitrogen and oxygen atoms in total. The van der Waals surface area contributed by atoms with Crippen molar-refractivity contribution in [2.75, 3.05) is 0 Å². The van der Waals surface area contributed by atoms with Crippen LogP contribution in [-0.4, -0.2) is 11.2 Å². The van der Waals surface area contributed by atoms with E-state index in [1.807, 2.05) is 38.1 Å². The first-order chi connectivity index (χ1) is 9.95. The number of hydrogen-bond donors (Lipinski definition) is 1. The highest BCUT2D eigenvalue weighted by Gasteiger charge is 2.12. The first-order valence-electron chi connectivity index (χ1n) is 6.84. The molecule has 0 bridgehead atoms. The molecule has 0 heterocycles. The fraction of sp³-hybridized carbons (Fsp3) is 0.294. The third-order valence-corrected chi connectivity index (χ3v) is 3.39. The van der Waals surface area contributed by atoms with Gasteiger partial charge in [-0.1, -0.05) is 29.8 Å². The molecule has 1 N–H and O–H groups in total. The zero-order valence-corrected chi connectivity index (χ0v) is 12.8. The molecule has 0 radical (unpaired) electrons. The lowest BCUT2D eigenvalue weighted by atomic mass is 10.0. The number of hydrogen-bond acceptors (Lipinski definition) is 2. The van der Waals surface area contributed by atoms with Crippen LogP contribution in [0.3, 0.4) is 0 Å². The summed E-state index contributed by atoms with van der Waals surface area (Å²) in [6.45, 7) is 3.89. The molecular formula is C17H18ClFO2. The first kappa shape index (κ1) is 15.8. The Labute approximate surface area is 129 Å². The number of halogens is 2. The van der Waals surface area contributed by atoms with Crippen LogP contribution in [0.25, 0.3) is 0 Å². The minimum atomic E-state index is -0.719. The van der Waals surface area contributed by atoms with Crippen molar-refractivity contribution in [3.05, 3.63) is 64.4 Å². The third kappa shape index (κ3) is 4.45. The molecule has 0 aliphatic heterocycles. The molecule has 0 saturated heterocycles. The number of benzene rings is 2. The molecule has 2 aromatic carbocycles. The van der Waals surface area contributed by atoms with Gasteiger partial charge in [-0.25, -0.2) is 4.39 Å². The molecular weight excluding hydrogens is 291 g/mol. The van der Waals surface area contributed by atoms with E-state index in [2.05, 4.69) is 0 Å². The highest BCUT2D eigenvalue weighted by Crippen LogP contribution is 2.26. The topological polar surface area (TPSA) is 29.5 Å². The minimum absolute atomic E-state index is 0.0731. The van der Waals surface area contributed by atoms with E-state index in [9.17, 15) is 9.50 Å². The van der Waals surface area contributed by atoms with Gasteiger partial charge < -0.3 is 9.84 Å². The SMILES string of the molecule is CC(C)Oc1cccc(C(O)Cc2ccc(F)cc2Cl)c1. The molecule has 4 heteroatoms. The highest BCUT2D eigenvalue weighted by atomic mass is 35.5. The summed E-state index contributed by atoms with van der Waals surface area (Å²) >= 11 is 5.99. The zero-order valence-electron chi connectivity index (χ0n) is 12.0. The molecule has 0 saturated carbocycles. The fourth-order valence-electron chi connectivity index (χ4n) is 2.08. The average molecular weight is 309 g/mol. The van der Waals surface area contributed by atoms with Gasteiger partial charge in [0.2, 0.25) is 0 Å². The lowest BCUT2D eigenvalue weighted by Gasteiger charge is -2.15. The van der Waals surface area contributed by atoms with Gasteiger partial charge in [-0.15, -0.1) is 0 Å². The van der Waals surface area contributed by atoms with Crippen LogP contribution in [0, 0.1) is 5.82 Å². The third-order valence-electron chi connectivity index (χ3n) is 3.04. The summed E-state index contributed by atoms with van der Waals surface area (Å²) in [5, 5.41) is 10.6. The Hall–Kier alpha value is -1.58. The molecule has 0 fully saturated rings. The van der Waals surface area contributed by atoms with Gasteiger partial charge >= 0.3 is 0 Å². The van der Waals surface area contributed by atoms with E-state index >= 15 is 0 Å². The minimum Gasteiger partial charge on any atom is -0.491 e. The van der Waals surface area contributed by atoms with Crippen LogP contribution in [-0.2, 0) is 6.42 Å². The monoisotopic (exact) mass is 308 g/mol. The van der Waals surface area contributed by atoms with Gasteiger partial charge in [0.15, 0.2) is 0 Å². The standard InChI is InChI=1S/C17H18ClFO2/c1-11(2)21-15-5-3-4-13(8-15)17(20)9-12-6-7-14(19)10-16(12)18/h3-8,10-11,17,20H,9H2,1-2H3. The van der Waals surface area contributed by atoms with Crippen molar-refractivity contribution in [2.24, 2.45) is 0 Å². The lowest BCUT2D eigenvalue weighted by molar-refractivity contribution is 0.177.